The highest BCUT2D eigenvalue weighted by atomic mass is 16.5. The summed E-state index contributed by atoms with van der Waals surface area (Å²) in [5, 5.41) is 10.2. The predicted molar refractivity (Wildman–Crippen MR) is 112 cm³/mol. The highest BCUT2D eigenvalue weighted by Gasteiger charge is 2.60. The van der Waals surface area contributed by atoms with Crippen LogP contribution in [0.3, 0.4) is 0 Å². The van der Waals surface area contributed by atoms with Gasteiger partial charge in [0.15, 0.2) is 0 Å². The normalized spacial score (nSPS) is 48.9. The molecule has 0 aromatic heterocycles. The van der Waals surface area contributed by atoms with Crippen LogP contribution >= 0.6 is 0 Å². The van der Waals surface area contributed by atoms with Crippen LogP contribution in [0.4, 0.5) is 0 Å². The van der Waals surface area contributed by atoms with Crippen LogP contribution in [0.2, 0.25) is 0 Å². The molecular formula is C25H42O3. The summed E-state index contributed by atoms with van der Waals surface area (Å²) < 4.78 is 4.88. The quantitative estimate of drug-likeness (QED) is 0.636. The van der Waals surface area contributed by atoms with E-state index in [1.165, 1.54) is 52.1 Å². The first-order chi connectivity index (χ1) is 13.3. The van der Waals surface area contributed by atoms with Crippen LogP contribution in [-0.2, 0) is 9.53 Å². The lowest BCUT2D eigenvalue weighted by Gasteiger charge is -2.61. The van der Waals surface area contributed by atoms with Gasteiger partial charge < -0.3 is 9.84 Å². The molecule has 3 nitrogen and oxygen atoms in total. The molecule has 0 aromatic rings. The van der Waals surface area contributed by atoms with Gasteiger partial charge in [0.1, 0.15) is 0 Å². The Kier molecular flexibility index (Phi) is 5.61. The molecule has 4 aliphatic carbocycles. The van der Waals surface area contributed by atoms with Crippen LogP contribution in [0.5, 0.6) is 0 Å². The lowest BCUT2D eigenvalue weighted by Crippen LogP contribution is -2.54. The zero-order valence-electron chi connectivity index (χ0n) is 18.6. The number of methoxy groups -OCH3 is 1. The minimum absolute atomic E-state index is 0.0463. The molecule has 28 heavy (non-hydrogen) atoms. The average Bonchev–Trinajstić information content (AvgIpc) is 3.03. The second-order valence-corrected chi connectivity index (χ2v) is 11.4. The molecule has 1 N–H and O–H groups in total. The smallest absolute Gasteiger partial charge is 0.305 e. The maximum absolute atomic E-state index is 11.6. The lowest BCUT2D eigenvalue weighted by molar-refractivity contribution is -0.141. The molecule has 0 saturated heterocycles. The van der Waals surface area contributed by atoms with E-state index in [0.717, 1.165) is 48.9 Å². The van der Waals surface area contributed by atoms with Crippen molar-refractivity contribution in [2.75, 3.05) is 7.11 Å². The summed E-state index contributed by atoms with van der Waals surface area (Å²) in [6.45, 7) is 7.56. The number of esters is 1. The van der Waals surface area contributed by atoms with Crippen LogP contribution in [-0.4, -0.2) is 24.3 Å². The van der Waals surface area contributed by atoms with Gasteiger partial charge in [-0.05, 0) is 111 Å². The van der Waals surface area contributed by atoms with E-state index in [2.05, 4.69) is 20.8 Å². The van der Waals surface area contributed by atoms with Crippen molar-refractivity contribution in [3.63, 3.8) is 0 Å². The molecule has 0 spiro atoms. The maximum atomic E-state index is 11.6. The van der Waals surface area contributed by atoms with Gasteiger partial charge in [-0.25, -0.2) is 0 Å². The average molecular weight is 391 g/mol. The largest absolute Gasteiger partial charge is 0.469 e. The third kappa shape index (κ3) is 3.24. The molecule has 4 aliphatic rings. The Hall–Kier alpha value is -0.570. The summed E-state index contributed by atoms with van der Waals surface area (Å²) in [5.74, 6) is 4.72. The number of aliphatic hydroxyl groups is 1. The SMILES string of the molecule is COC(=O)CC[C@@H](C)[C@H]1CCC2C3CC[C@@H]4C[C@H](O)CC[C@]4(C)[C@H]3CC[C@@]21C. The molecule has 4 fully saturated rings. The van der Waals surface area contributed by atoms with Gasteiger partial charge in [-0.1, -0.05) is 20.8 Å². The Bertz CT molecular complexity index is 588. The number of carbonyl (C=O) groups is 1. The van der Waals surface area contributed by atoms with Gasteiger partial charge in [0.2, 0.25) is 0 Å². The van der Waals surface area contributed by atoms with Crippen LogP contribution < -0.4 is 0 Å². The van der Waals surface area contributed by atoms with Crippen molar-refractivity contribution in [3.8, 4) is 0 Å². The fraction of sp³-hybridized carbons (Fsp3) is 0.960. The summed E-state index contributed by atoms with van der Waals surface area (Å²) in [5.41, 5.74) is 0.937. The molecule has 0 aromatic carbocycles. The Morgan fingerprint density at radius 3 is 2.50 bits per heavy atom. The highest BCUT2D eigenvalue weighted by Crippen LogP contribution is 2.68. The first kappa shape index (κ1) is 20.7. The van der Waals surface area contributed by atoms with Crippen molar-refractivity contribution >= 4 is 5.97 Å². The molecular weight excluding hydrogens is 348 g/mol. The minimum atomic E-state index is -0.0546. The summed E-state index contributed by atoms with van der Waals surface area (Å²) in [4.78, 5) is 11.6. The van der Waals surface area contributed by atoms with Crippen molar-refractivity contribution in [2.45, 2.75) is 97.5 Å². The highest BCUT2D eigenvalue weighted by molar-refractivity contribution is 5.69. The topological polar surface area (TPSA) is 46.5 Å². The zero-order chi connectivity index (χ0) is 20.1. The van der Waals surface area contributed by atoms with E-state index in [4.69, 9.17) is 4.74 Å². The van der Waals surface area contributed by atoms with E-state index in [-0.39, 0.29) is 12.1 Å². The first-order valence-corrected chi connectivity index (χ1v) is 12.0. The first-order valence-electron chi connectivity index (χ1n) is 12.0. The second-order valence-electron chi connectivity index (χ2n) is 11.4. The Labute approximate surface area is 172 Å². The molecule has 0 radical (unpaired) electrons. The second kappa shape index (κ2) is 7.60. The van der Waals surface area contributed by atoms with Gasteiger partial charge in [-0.3, -0.25) is 4.79 Å². The van der Waals surface area contributed by atoms with Crippen LogP contribution in [0.25, 0.3) is 0 Å². The van der Waals surface area contributed by atoms with E-state index < -0.39 is 0 Å². The van der Waals surface area contributed by atoms with Crippen LogP contribution in [0.15, 0.2) is 0 Å². The molecule has 0 amide bonds. The molecule has 3 heteroatoms. The van der Waals surface area contributed by atoms with Crippen molar-refractivity contribution in [2.24, 2.45) is 46.3 Å². The van der Waals surface area contributed by atoms with Crippen molar-refractivity contribution in [1.29, 1.82) is 0 Å². The monoisotopic (exact) mass is 390 g/mol. The van der Waals surface area contributed by atoms with Gasteiger partial charge >= 0.3 is 5.97 Å². The fourth-order valence-electron chi connectivity index (χ4n) is 8.86. The Balaban J connectivity index is 1.48. The van der Waals surface area contributed by atoms with E-state index in [1.54, 1.807) is 0 Å². The number of rotatable bonds is 4. The van der Waals surface area contributed by atoms with E-state index in [9.17, 15) is 9.90 Å². The minimum Gasteiger partial charge on any atom is -0.469 e. The van der Waals surface area contributed by atoms with Gasteiger partial charge in [0, 0.05) is 6.42 Å². The van der Waals surface area contributed by atoms with Gasteiger partial charge in [-0.2, -0.15) is 0 Å². The Morgan fingerprint density at radius 1 is 1.04 bits per heavy atom. The van der Waals surface area contributed by atoms with E-state index >= 15 is 0 Å². The van der Waals surface area contributed by atoms with E-state index in [0.29, 0.717) is 23.2 Å². The number of carbonyl (C=O) groups excluding carboxylic acids is 1. The van der Waals surface area contributed by atoms with Crippen molar-refractivity contribution in [1.82, 2.24) is 0 Å². The molecule has 0 bridgehead atoms. The summed E-state index contributed by atoms with van der Waals surface area (Å²) >= 11 is 0. The molecule has 4 saturated carbocycles. The molecule has 160 valence electrons. The number of ether oxygens (including phenoxy) is 1. The fourth-order valence-corrected chi connectivity index (χ4v) is 8.86. The van der Waals surface area contributed by atoms with E-state index in [1.807, 2.05) is 0 Å². The predicted octanol–water partition coefficient (Wildman–Crippen LogP) is 5.60. The molecule has 0 aliphatic heterocycles. The maximum Gasteiger partial charge on any atom is 0.305 e. The van der Waals surface area contributed by atoms with Gasteiger partial charge in [0.25, 0.3) is 0 Å². The number of hydrogen-bond acceptors (Lipinski definition) is 3. The number of fused-ring (bicyclic) bond motifs is 5. The van der Waals surface area contributed by atoms with Gasteiger partial charge in [-0.15, -0.1) is 0 Å². The molecule has 2 unspecified atom stereocenters. The summed E-state index contributed by atoms with van der Waals surface area (Å²) in [6.07, 6.45) is 13.1. The molecule has 0 heterocycles. The molecule has 4 rings (SSSR count). The third-order valence-corrected chi connectivity index (χ3v) is 10.4. The summed E-state index contributed by atoms with van der Waals surface area (Å²) in [6, 6.07) is 0. The molecule has 9 atom stereocenters. The van der Waals surface area contributed by atoms with Gasteiger partial charge in [0.05, 0.1) is 13.2 Å². The third-order valence-electron chi connectivity index (χ3n) is 10.4. The lowest BCUT2D eigenvalue weighted by atomic mass is 9.44. The summed E-state index contributed by atoms with van der Waals surface area (Å²) in [7, 11) is 1.50. The Morgan fingerprint density at radius 2 is 1.75 bits per heavy atom. The number of hydrogen-bond donors (Lipinski definition) is 1. The van der Waals surface area contributed by atoms with Crippen LogP contribution in [0, 0.1) is 46.3 Å². The zero-order valence-corrected chi connectivity index (χ0v) is 18.6. The number of aliphatic hydroxyl groups excluding tert-OH is 1. The van der Waals surface area contributed by atoms with Crippen molar-refractivity contribution < 1.29 is 14.6 Å². The van der Waals surface area contributed by atoms with Crippen molar-refractivity contribution in [3.05, 3.63) is 0 Å². The standard InChI is InChI=1S/C25H42O3/c1-16(5-10-23(27)28-4)20-8-9-21-19-7-6-17-15-18(26)11-13-24(17,2)22(19)12-14-25(20,21)3/h16-22,26H,5-15H2,1-4H3/t16-,17-,18-,19?,20-,21?,22+,24+,25-/m1/s1. The van der Waals surface area contributed by atoms with Crippen LogP contribution in [0.1, 0.15) is 91.4 Å².